The second-order valence-corrected chi connectivity index (χ2v) is 8.29. The van der Waals surface area contributed by atoms with E-state index in [0.29, 0.717) is 38.2 Å². The van der Waals surface area contributed by atoms with Crippen molar-refractivity contribution in [3.8, 4) is 11.3 Å². The number of carboxylic acid groups (broad SMARTS) is 1. The Kier molecular flexibility index (Phi) is 6.32. The van der Waals surface area contributed by atoms with Crippen LogP contribution in [0.15, 0.2) is 48.8 Å². The summed E-state index contributed by atoms with van der Waals surface area (Å²) in [6.45, 7) is 4.07. The molecule has 3 aromatic rings. The molecule has 0 bridgehead atoms. The van der Waals surface area contributed by atoms with Crippen LogP contribution in [-0.2, 0) is 13.0 Å². The molecule has 32 heavy (non-hydrogen) atoms. The number of likely N-dealkylation sites (tertiary alicyclic amines) is 1. The van der Waals surface area contributed by atoms with Crippen molar-refractivity contribution in [2.24, 2.45) is 0 Å². The van der Waals surface area contributed by atoms with Gasteiger partial charge in [0, 0.05) is 55.9 Å². The van der Waals surface area contributed by atoms with Crippen molar-refractivity contribution < 1.29 is 23.4 Å². The molecule has 0 saturated carbocycles. The van der Waals surface area contributed by atoms with Crippen LogP contribution < -0.4 is 4.68 Å². The van der Waals surface area contributed by atoms with E-state index in [1.807, 2.05) is 41.9 Å². The van der Waals surface area contributed by atoms with Crippen LogP contribution >= 0.6 is 0 Å². The minimum atomic E-state index is -2.55. The Morgan fingerprint density at radius 3 is 2.62 bits per heavy atom. The molecule has 1 aliphatic heterocycles. The summed E-state index contributed by atoms with van der Waals surface area (Å²) in [6.07, 6.45) is 3.27. The van der Waals surface area contributed by atoms with Gasteiger partial charge in [-0.3, -0.25) is 9.88 Å². The predicted octanol–water partition coefficient (Wildman–Crippen LogP) is 3.69. The largest absolute Gasteiger partial charge is 0.478 e. The Hall–Kier alpha value is -3.13. The summed E-state index contributed by atoms with van der Waals surface area (Å²) in [5, 5.41) is 13.0. The normalized spacial score (nSPS) is 16.2. The third-order valence-corrected chi connectivity index (χ3v) is 6.12. The van der Waals surface area contributed by atoms with Gasteiger partial charge >= 0.3 is 5.97 Å². The van der Waals surface area contributed by atoms with Crippen LogP contribution in [0, 0.1) is 6.92 Å². The van der Waals surface area contributed by atoms with Gasteiger partial charge in [0.15, 0.2) is 6.54 Å². The van der Waals surface area contributed by atoms with Crippen molar-refractivity contribution >= 4 is 5.97 Å². The van der Waals surface area contributed by atoms with E-state index in [0.717, 1.165) is 22.5 Å². The van der Waals surface area contributed by atoms with Gasteiger partial charge in [-0.1, -0.05) is 18.2 Å². The average Bonchev–Trinajstić information content (AvgIpc) is 3.09. The van der Waals surface area contributed by atoms with Crippen LogP contribution in [-0.4, -0.2) is 51.6 Å². The molecule has 168 valence electrons. The summed E-state index contributed by atoms with van der Waals surface area (Å²) in [7, 11) is 0. The minimum Gasteiger partial charge on any atom is -0.478 e. The van der Waals surface area contributed by atoms with Gasteiger partial charge in [-0.05, 0) is 30.7 Å². The second kappa shape index (κ2) is 9.16. The molecule has 0 amide bonds. The number of nitrogens with one attached hydrogen (secondary N) is 1. The Morgan fingerprint density at radius 1 is 1.22 bits per heavy atom. The summed E-state index contributed by atoms with van der Waals surface area (Å²) in [5.41, 5.74) is 4.86. The number of rotatable bonds is 7. The topological polar surface area (TPSA) is 73.1 Å². The zero-order valence-corrected chi connectivity index (χ0v) is 18.0. The summed E-state index contributed by atoms with van der Waals surface area (Å²) < 4.78 is 29.0. The maximum absolute atomic E-state index is 13.5. The Morgan fingerprint density at radius 2 is 1.94 bits per heavy atom. The number of halogens is 2. The molecule has 3 heterocycles. The summed E-state index contributed by atoms with van der Waals surface area (Å²) in [6, 6.07) is 11.5. The average molecular weight is 442 g/mol. The van der Waals surface area contributed by atoms with Crippen molar-refractivity contribution in [3.05, 3.63) is 71.2 Å². The first-order valence-corrected chi connectivity index (χ1v) is 10.8. The molecule has 2 aromatic heterocycles. The van der Waals surface area contributed by atoms with Crippen molar-refractivity contribution in [2.45, 2.75) is 38.7 Å². The summed E-state index contributed by atoms with van der Waals surface area (Å²) in [5.74, 6) is -3.54. The Bertz CT molecular complexity index is 1090. The summed E-state index contributed by atoms with van der Waals surface area (Å²) >= 11 is 0. The number of aromatic carboxylic acids is 1. The van der Waals surface area contributed by atoms with E-state index in [1.165, 1.54) is 12.3 Å². The monoisotopic (exact) mass is 441 g/mol. The van der Waals surface area contributed by atoms with Gasteiger partial charge in [0.05, 0.1) is 17.8 Å². The van der Waals surface area contributed by atoms with Gasteiger partial charge in [-0.2, -0.15) is 5.10 Å². The molecular formula is C24H27F2N4O2+. The second-order valence-electron chi connectivity index (χ2n) is 8.29. The molecule has 0 aliphatic carbocycles. The maximum Gasteiger partial charge on any atom is 0.336 e. The van der Waals surface area contributed by atoms with Gasteiger partial charge < -0.3 is 5.11 Å². The molecule has 0 radical (unpaired) electrons. The van der Waals surface area contributed by atoms with Gasteiger partial charge in [0.1, 0.15) is 0 Å². The molecule has 6 nitrogen and oxygen atoms in total. The molecule has 1 fully saturated rings. The molecular weight excluding hydrogens is 414 g/mol. The predicted molar refractivity (Wildman–Crippen MR) is 116 cm³/mol. The number of aromatic amines is 1. The highest BCUT2D eigenvalue weighted by atomic mass is 19.3. The van der Waals surface area contributed by atoms with Gasteiger partial charge in [0.25, 0.3) is 5.92 Å². The number of nitrogens with zero attached hydrogens (tertiary/aromatic N) is 3. The lowest BCUT2D eigenvalue weighted by Crippen LogP contribution is -2.47. The van der Waals surface area contributed by atoms with Crippen molar-refractivity contribution in [3.63, 3.8) is 0 Å². The van der Waals surface area contributed by atoms with Crippen LogP contribution in [0.4, 0.5) is 8.78 Å². The Balaban J connectivity index is 1.62. The maximum atomic E-state index is 13.5. The molecule has 0 spiro atoms. The number of piperidine rings is 1. The molecule has 2 N–H and O–H groups in total. The molecule has 1 aliphatic rings. The number of carboxylic acids is 1. The van der Waals surface area contributed by atoms with Crippen LogP contribution in [0.1, 0.15) is 40.0 Å². The fourth-order valence-corrected chi connectivity index (χ4v) is 4.27. The SMILES string of the molecule is Cc1c(Cc2cnccc2C(=O)O)[nH][n+](CCN2CCC(F)(F)CC2)c1-c1ccccc1. The number of aromatic nitrogens is 3. The van der Waals surface area contributed by atoms with E-state index in [9.17, 15) is 18.7 Å². The number of benzene rings is 1. The summed E-state index contributed by atoms with van der Waals surface area (Å²) in [4.78, 5) is 17.8. The first-order chi connectivity index (χ1) is 15.3. The third-order valence-electron chi connectivity index (χ3n) is 6.12. The van der Waals surface area contributed by atoms with E-state index >= 15 is 0 Å². The van der Waals surface area contributed by atoms with E-state index in [4.69, 9.17) is 0 Å². The number of carbonyl (C=O) groups is 1. The fraction of sp³-hybridized carbons (Fsp3) is 0.375. The lowest BCUT2D eigenvalue weighted by Gasteiger charge is -2.30. The number of hydrogen-bond acceptors (Lipinski definition) is 3. The van der Waals surface area contributed by atoms with E-state index in [2.05, 4.69) is 15.0 Å². The lowest BCUT2D eigenvalue weighted by atomic mass is 10.0. The third kappa shape index (κ3) is 4.85. The number of alkyl halides is 2. The number of H-pyrrole nitrogens is 1. The highest BCUT2D eigenvalue weighted by Crippen LogP contribution is 2.28. The van der Waals surface area contributed by atoms with Crippen molar-refractivity contribution in [1.82, 2.24) is 15.0 Å². The van der Waals surface area contributed by atoms with Crippen LogP contribution in [0.2, 0.25) is 0 Å². The molecule has 8 heteroatoms. The fourth-order valence-electron chi connectivity index (χ4n) is 4.27. The smallest absolute Gasteiger partial charge is 0.336 e. The van der Waals surface area contributed by atoms with Gasteiger partial charge in [0.2, 0.25) is 5.69 Å². The molecule has 1 aromatic carbocycles. The highest BCUT2D eigenvalue weighted by molar-refractivity contribution is 5.89. The van der Waals surface area contributed by atoms with Crippen LogP contribution in [0.5, 0.6) is 0 Å². The van der Waals surface area contributed by atoms with Crippen molar-refractivity contribution in [1.29, 1.82) is 0 Å². The quantitative estimate of drug-likeness (QED) is 0.549. The van der Waals surface area contributed by atoms with Gasteiger partial charge in [-0.15, -0.1) is 4.68 Å². The lowest BCUT2D eigenvalue weighted by molar-refractivity contribution is -0.740. The molecule has 0 unspecified atom stereocenters. The highest BCUT2D eigenvalue weighted by Gasteiger charge is 2.34. The van der Waals surface area contributed by atoms with E-state index in [-0.39, 0.29) is 18.4 Å². The molecule has 0 atom stereocenters. The molecule has 1 saturated heterocycles. The first-order valence-electron chi connectivity index (χ1n) is 10.8. The standard InChI is InChI=1S/C24H26F2N4O2/c1-17-21(15-19-16-27-10-7-20(19)23(31)32)28-30(22(17)18-5-3-2-4-6-18)14-13-29-11-8-24(25,26)9-12-29/h2-7,10,16H,8-9,11-15H2,1H3,(H,31,32)/p+1. The van der Waals surface area contributed by atoms with Crippen LogP contribution in [0.25, 0.3) is 11.3 Å². The number of pyridine rings is 1. The van der Waals surface area contributed by atoms with Gasteiger partial charge in [-0.25, -0.2) is 13.6 Å². The number of hydrogen-bond donors (Lipinski definition) is 2. The van der Waals surface area contributed by atoms with E-state index < -0.39 is 11.9 Å². The van der Waals surface area contributed by atoms with Crippen molar-refractivity contribution in [2.75, 3.05) is 19.6 Å². The molecule has 4 rings (SSSR count). The first kappa shape index (κ1) is 22.1. The zero-order valence-electron chi connectivity index (χ0n) is 18.0. The van der Waals surface area contributed by atoms with Crippen LogP contribution in [0.3, 0.4) is 0 Å². The van der Waals surface area contributed by atoms with E-state index in [1.54, 1.807) is 6.20 Å². The minimum absolute atomic E-state index is 0.100. The Labute approximate surface area is 185 Å². The zero-order chi connectivity index (χ0) is 22.7.